The summed E-state index contributed by atoms with van der Waals surface area (Å²) in [4.78, 5) is 18.2. The first-order chi connectivity index (χ1) is 14.0. The second-order valence-electron chi connectivity index (χ2n) is 6.16. The summed E-state index contributed by atoms with van der Waals surface area (Å²) in [6.07, 6.45) is 0. The van der Waals surface area contributed by atoms with E-state index in [1.54, 1.807) is 12.1 Å². The van der Waals surface area contributed by atoms with Gasteiger partial charge in [0.25, 0.3) is 5.69 Å². The standard InChI is InChI=1S/C19H17N5O4S/c1-3-27-14-8-9-15-16(10-14)21-19(20-15)29-11(2)17-22-23-18(28-17)12-4-6-13(7-5-12)24(25)26/h4-11H,3H2,1-2H3,(H,20,21)/t11-/m0/s1. The number of nitro groups is 1. The van der Waals surface area contributed by atoms with Gasteiger partial charge in [-0.2, -0.15) is 0 Å². The highest BCUT2D eigenvalue weighted by Crippen LogP contribution is 2.35. The summed E-state index contributed by atoms with van der Waals surface area (Å²) >= 11 is 1.46. The molecular formula is C19H17N5O4S. The van der Waals surface area contributed by atoms with Crippen molar-refractivity contribution in [3.63, 3.8) is 0 Å². The Labute approximate surface area is 169 Å². The molecule has 0 saturated carbocycles. The third-order valence-electron chi connectivity index (χ3n) is 4.14. The monoisotopic (exact) mass is 411 g/mol. The molecule has 0 aliphatic carbocycles. The van der Waals surface area contributed by atoms with Crippen molar-refractivity contribution in [1.29, 1.82) is 0 Å². The number of nitro benzene ring substituents is 1. The molecule has 2 heterocycles. The molecule has 1 atom stereocenters. The van der Waals surface area contributed by atoms with Crippen molar-refractivity contribution in [3.8, 4) is 17.2 Å². The van der Waals surface area contributed by atoms with E-state index in [-0.39, 0.29) is 10.9 Å². The molecule has 4 aromatic rings. The first-order valence-electron chi connectivity index (χ1n) is 8.91. The van der Waals surface area contributed by atoms with Gasteiger partial charge in [0, 0.05) is 23.8 Å². The van der Waals surface area contributed by atoms with Crippen LogP contribution in [-0.4, -0.2) is 31.7 Å². The first-order valence-corrected chi connectivity index (χ1v) is 9.79. The lowest BCUT2D eigenvalue weighted by Crippen LogP contribution is -1.90. The minimum Gasteiger partial charge on any atom is -0.494 e. The highest BCUT2D eigenvalue weighted by Gasteiger charge is 2.18. The molecule has 1 N–H and O–H groups in total. The fraction of sp³-hybridized carbons (Fsp3) is 0.211. The van der Waals surface area contributed by atoms with Crippen LogP contribution >= 0.6 is 11.8 Å². The molecule has 10 heteroatoms. The summed E-state index contributed by atoms with van der Waals surface area (Å²) in [5.74, 6) is 1.55. The van der Waals surface area contributed by atoms with E-state index >= 15 is 0 Å². The van der Waals surface area contributed by atoms with E-state index in [4.69, 9.17) is 9.15 Å². The van der Waals surface area contributed by atoms with E-state index in [0.29, 0.717) is 24.0 Å². The third kappa shape index (κ3) is 4.06. The highest BCUT2D eigenvalue weighted by atomic mass is 32.2. The molecule has 2 aromatic heterocycles. The van der Waals surface area contributed by atoms with Crippen LogP contribution in [0.25, 0.3) is 22.5 Å². The molecule has 0 unspecified atom stereocenters. The Kier molecular flexibility index (Phi) is 5.17. The van der Waals surface area contributed by atoms with Crippen LogP contribution in [0.2, 0.25) is 0 Å². The lowest BCUT2D eigenvalue weighted by Gasteiger charge is -2.03. The maximum Gasteiger partial charge on any atom is 0.269 e. The topological polar surface area (TPSA) is 120 Å². The number of H-pyrrole nitrogens is 1. The Bertz CT molecular complexity index is 1160. The van der Waals surface area contributed by atoms with Crippen LogP contribution in [0.4, 0.5) is 5.69 Å². The highest BCUT2D eigenvalue weighted by molar-refractivity contribution is 7.99. The Morgan fingerprint density at radius 1 is 1.24 bits per heavy atom. The second-order valence-corrected chi connectivity index (χ2v) is 7.49. The van der Waals surface area contributed by atoms with Gasteiger partial charge in [-0.25, -0.2) is 4.98 Å². The maximum atomic E-state index is 10.8. The molecule has 29 heavy (non-hydrogen) atoms. The van der Waals surface area contributed by atoms with Crippen molar-refractivity contribution in [2.24, 2.45) is 0 Å². The number of aromatic nitrogens is 4. The number of aromatic amines is 1. The zero-order valence-corrected chi connectivity index (χ0v) is 16.5. The van der Waals surface area contributed by atoms with Gasteiger partial charge < -0.3 is 14.1 Å². The van der Waals surface area contributed by atoms with Crippen LogP contribution in [0.3, 0.4) is 0 Å². The summed E-state index contributed by atoms with van der Waals surface area (Å²) in [6.45, 7) is 4.48. The summed E-state index contributed by atoms with van der Waals surface area (Å²) in [7, 11) is 0. The summed E-state index contributed by atoms with van der Waals surface area (Å²) in [5.41, 5.74) is 2.37. The molecule has 0 aliphatic heterocycles. The Morgan fingerprint density at radius 2 is 2.03 bits per heavy atom. The van der Waals surface area contributed by atoms with Crippen molar-refractivity contribution in [2.75, 3.05) is 6.61 Å². The molecule has 148 valence electrons. The smallest absolute Gasteiger partial charge is 0.269 e. The van der Waals surface area contributed by atoms with Gasteiger partial charge >= 0.3 is 0 Å². The second kappa shape index (κ2) is 7.92. The molecule has 0 radical (unpaired) electrons. The predicted octanol–water partition coefficient (Wildman–Crippen LogP) is 4.77. The van der Waals surface area contributed by atoms with Gasteiger partial charge in [0.05, 0.1) is 27.8 Å². The lowest BCUT2D eigenvalue weighted by molar-refractivity contribution is -0.384. The minimum absolute atomic E-state index is 0.00907. The van der Waals surface area contributed by atoms with Crippen molar-refractivity contribution < 1.29 is 14.1 Å². The maximum absolute atomic E-state index is 10.8. The van der Waals surface area contributed by atoms with Gasteiger partial charge in [-0.05, 0) is 38.1 Å². The van der Waals surface area contributed by atoms with Crippen LogP contribution in [0.1, 0.15) is 25.0 Å². The molecule has 0 aliphatic rings. The number of ether oxygens (including phenoxy) is 1. The number of imidazole rings is 1. The van der Waals surface area contributed by atoms with Gasteiger partial charge in [-0.15, -0.1) is 10.2 Å². The number of fused-ring (bicyclic) bond motifs is 1. The van der Waals surface area contributed by atoms with Crippen molar-refractivity contribution in [1.82, 2.24) is 20.2 Å². The van der Waals surface area contributed by atoms with Crippen LogP contribution in [0, 0.1) is 10.1 Å². The van der Waals surface area contributed by atoms with E-state index in [1.807, 2.05) is 32.0 Å². The zero-order chi connectivity index (χ0) is 20.4. The van der Waals surface area contributed by atoms with Gasteiger partial charge in [-0.1, -0.05) is 11.8 Å². The Morgan fingerprint density at radius 3 is 2.76 bits per heavy atom. The summed E-state index contributed by atoms with van der Waals surface area (Å²) < 4.78 is 11.3. The van der Waals surface area contributed by atoms with Crippen LogP contribution in [-0.2, 0) is 0 Å². The predicted molar refractivity (Wildman–Crippen MR) is 108 cm³/mol. The van der Waals surface area contributed by atoms with Crippen molar-refractivity contribution in [3.05, 3.63) is 58.5 Å². The van der Waals surface area contributed by atoms with Gasteiger partial charge in [0.2, 0.25) is 11.8 Å². The molecule has 0 amide bonds. The zero-order valence-electron chi connectivity index (χ0n) is 15.7. The number of nitrogens with zero attached hydrogens (tertiary/aromatic N) is 4. The summed E-state index contributed by atoms with van der Waals surface area (Å²) in [5, 5.41) is 19.5. The van der Waals surface area contributed by atoms with Crippen LogP contribution < -0.4 is 4.74 Å². The molecule has 0 saturated heterocycles. The van der Waals surface area contributed by atoms with Gasteiger partial charge in [-0.3, -0.25) is 10.1 Å². The van der Waals surface area contributed by atoms with Crippen molar-refractivity contribution >= 4 is 28.5 Å². The van der Waals surface area contributed by atoms with Gasteiger partial charge in [0.15, 0.2) is 5.16 Å². The minimum atomic E-state index is -0.452. The average molecular weight is 411 g/mol. The van der Waals surface area contributed by atoms with E-state index in [0.717, 1.165) is 21.9 Å². The molecular weight excluding hydrogens is 394 g/mol. The Hall–Kier alpha value is -3.40. The Balaban J connectivity index is 1.49. The van der Waals surface area contributed by atoms with E-state index in [1.165, 1.54) is 23.9 Å². The third-order valence-corrected chi connectivity index (χ3v) is 5.12. The number of nitrogens with one attached hydrogen (secondary N) is 1. The fourth-order valence-electron chi connectivity index (χ4n) is 2.74. The fourth-order valence-corrected chi connectivity index (χ4v) is 3.59. The first kappa shape index (κ1) is 18.9. The number of hydrogen-bond acceptors (Lipinski definition) is 8. The summed E-state index contributed by atoms with van der Waals surface area (Å²) in [6, 6.07) is 11.7. The normalized spacial score (nSPS) is 12.2. The molecule has 0 spiro atoms. The van der Waals surface area contributed by atoms with Crippen LogP contribution in [0.5, 0.6) is 5.75 Å². The molecule has 0 fully saturated rings. The lowest BCUT2D eigenvalue weighted by atomic mass is 10.2. The number of rotatable bonds is 7. The van der Waals surface area contributed by atoms with E-state index in [2.05, 4.69) is 20.2 Å². The molecule has 9 nitrogen and oxygen atoms in total. The number of hydrogen-bond donors (Lipinski definition) is 1. The molecule has 4 rings (SSSR count). The number of thioether (sulfide) groups is 1. The van der Waals surface area contributed by atoms with Crippen molar-refractivity contribution in [2.45, 2.75) is 24.3 Å². The average Bonchev–Trinajstić information content (AvgIpc) is 3.35. The SMILES string of the molecule is CCOc1ccc2nc(S[C@@H](C)c3nnc(-c4ccc([N+](=O)[O-])cc4)o3)[nH]c2c1. The largest absolute Gasteiger partial charge is 0.494 e. The van der Waals surface area contributed by atoms with Gasteiger partial charge in [0.1, 0.15) is 5.75 Å². The number of benzene rings is 2. The van der Waals surface area contributed by atoms with E-state index < -0.39 is 4.92 Å². The van der Waals surface area contributed by atoms with E-state index in [9.17, 15) is 10.1 Å². The number of non-ortho nitro benzene ring substituents is 1. The van der Waals surface area contributed by atoms with Crippen LogP contribution in [0.15, 0.2) is 52.0 Å². The molecule has 2 aromatic carbocycles. The molecule has 0 bridgehead atoms. The quantitative estimate of drug-likeness (QED) is 0.262.